The molecule has 2 unspecified atom stereocenters. The Morgan fingerprint density at radius 1 is 1.39 bits per heavy atom. The van der Waals surface area contributed by atoms with Gasteiger partial charge in [-0.05, 0) is 38.3 Å². The van der Waals surface area contributed by atoms with Crippen LogP contribution in [0.4, 0.5) is 0 Å². The fraction of sp³-hybridized carbons (Fsp3) is 0.533. The van der Waals surface area contributed by atoms with Gasteiger partial charge in [-0.3, -0.25) is 4.79 Å². The van der Waals surface area contributed by atoms with Crippen molar-refractivity contribution in [1.82, 2.24) is 4.90 Å². The Labute approximate surface area is 108 Å². The first-order valence-electron chi connectivity index (χ1n) is 6.67. The number of carbonyl (C=O) groups is 1. The van der Waals surface area contributed by atoms with Gasteiger partial charge in [0.15, 0.2) is 0 Å². The molecule has 1 saturated heterocycles. The molecule has 1 aliphatic heterocycles. The van der Waals surface area contributed by atoms with Crippen molar-refractivity contribution in [2.75, 3.05) is 13.1 Å². The zero-order valence-electron chi connectivity index (χ0n) is 10.9. The van der Waals surface area contributed by atoms with Crippen LogP contribution < -0.4 is 0 Å². The Kier molecular flexibility index (Phi) is 4.37. The van der Waals surface area contributed by atoms with Crippen molar-refractivity contribution in [3.05, 3.63) is 35.9 Å². The van der Waals surface area contributed by atoms with Gasteiger partial charge in [0.2, 0.25) is 0 Å². The SMILES string of the molecule is CC1CC(C(=O)O)CCN1CCc1ccccc1. The molecular weight excluding hydrogens is 226 g/mol. The van der Waals surface area contributed by atoms with Crippen molar-refractivity contribution in [3.63, 3.8) is 0 Å². The van der Waals surface area contributed by atoms with Gasteiger partial charge in [-0.2, -0.15) is 0 Å². The van der Waals surface area contributed by atoms with Gasteiger partial charge >= 0.3 is 5.97 Å². The van der Waals surface area contributed by atoms with Gasteiger partial charge in [0.25, 0.3) is 0 Å². The van der Waals surface area contributed by atoms with Crippen molar-refractivity contribution in [1.29, 1.82) is 0 Å². The average Bonchev–Trinajstić information content (AvgIpc) is 2.38. The zero-order chi connectivity index (χ0) is 13.0. The molecule has 1 N–H and O–H groups in total. The van der Waals surface area contributed by atoms with Crippen LogP contribution in [0.25, 0.3) is 0 Å². The van der Waals surface area contributed by atoms with E-state index in [9.17, 15) is 4.79 Å². The van der Waals surface area contributed by atoms with Crippen molar-refractivity contribution in [2.45, 2.75) is 32.2 Å². The standard InChI is InChI=1S/C15H21NO2/c1-12-11-14(15(17)18)8-10-16(12)9-7-13-5-3-2-4-6-13/h2-6,12,14H,7-11H2,1H3,(H,17,18). The smallest absolute Gasteiger partial charge is 0.306 e. The Balaban J connectivity index is 1.83. The van der Waals surface area contributed by atoms with Gasteiger partial charge in [-0.1, -0.05) is 30.3 Å². The highest BCUT2D eigenvalue weighted by Gasteiger charge is 2.29. The number of aliphatic carboxylic acids is 1. The number of rotatable bonds is 4. The van der Waals surface area contributed by atoms with Crippen LogP contribution in [0.1, 0.15) is 25.3 Å². The summed E-state index contributed by atoms with van der Waals surface area (Å²) in [6.07, 6.45) is 2.61. The third-order valence-electron chi connectivity index (χ3n) is 3.89. The first-order chi connectivity index (χ1) is 8.66. The summed E-state index contributed by atoms with van der Waals surface area (Å²) in [6, 6.07) is 10.8. The Morgan fingerprint density at radius 3 is 2.72 bits per heavy atom. The summed E-state index contributed by atoms with van der Waals surface area (Å²) < 4.78 is 0. The molecule has 2 rings (SSSR count). The summed E-state index contributed by atoms with van der Waals surface area (Å²) in [4.78, 5) is 13.4. The van der Waals surface area contributed by atoms with Crippen molar-refractivity contribution >= 4 is 5.97 Å². The summed E-state index contributed by atoms with van der Waals surface area (Å²) >= 11 is 0. The predicted octanol–water partition coefficient (Wildman–Crippen LogP) is 2.41. The van der Waals surface area contributed by atoms with Crippen LogP contribution in [0, 0.1) is 5.92 Å². The van der Waals surface area contributed by atoms with E-state index in [1.54, 1.807) is 0 Å². The average molecular weight is 247 g/mol. The van der Waals surface area contributed by atoms with E-state index in [4.69, 9.17) is 5.11 Å². The number of nitrogens with zero attached hydrogens (tertiary/aromatic N) is 1. The summed E-state index contributed by atoms with van der Waals surface area (Å²) in [7, 11) is 0. The number of piperidine rings is 1. The molecule has 0 saturated carbocycles. The second kappa shape index (κ2) is 6.01. The number of hydrogen-bond donors (Lipinski definition) is 1. The fourth-order valence-electron chi connectivity index (χ4n) is 2.69. The molecule has 0 radical (unpaired) electrons. The lowest BCUT2D eigenvalue weighted by molar-refractivity contribution is -0.144. The number of carboxylic acid groups (broad SMARTS) is 1. The van der Waals surface area contributed by atoms with Crippen LogP contribution in [-0.4, -0.2) is 35.1 Å². The Bertz CT molecular complexity index is 391. The Hall–Kier alpha value is -1.35. The normalized spacial score (nSPS) is 24.9. The molecule has 18 heavy (non-hydrogen) atoms. The summed E-state index contributed by atoms with van der Waals surface area (Å²) in [5.74, 6) is -0.780. The van der Waals surface area contributed by atoms with Gasteiger partial charge in [0.1, 0.15) is 0 Å². The predicted molar refractivity (Wildman–Crippen MR) is 71.5 cm³/mol. The third kappa shape index (κ3) is 3.33. The number of benzene rings is 1. The van der Waals surface area contributed by atoms with Crippen LogP contribution >= 0.6 is 0 Å². The van der Waals surface area contributed by atoms with Gasteiger partial charge in [0.05, 0.1) is 5.92 Å². The fourth-order valence-corrected chi connectivity index (χ4v) is 2.69. The highest BCUT2D eigenvalue weighted by Crippen LogP contribution is 2.23. The molecule has 1 aliphatic rings. The highest BCUT2D eigenvalue weighted by molar-refractivity contribution is 5.70. The van der Waals surface area contributed by atoms with E-state index < -0.39 is 5.97 Å². The van der Waals surface area contributed by atoms with Crippen LogP contribution in [0.3, 0.4) is 0 Å². The molecule has 0 amide bonds. The molecular formula is C15H21NO2. The lowest BCUT2D eigenvalue weighted by atomic mass is 9.91. The molecule has 3 heteroatoms. The molecule has 1 aromatic rings. The quantitative estimate of drug-likeness (QED) is 0.888. The van der Waals surface area contributed by atoms with Crippen LogP contribution in [-0.2, 0) is 11.2 Å². The van der Waals surface area contributed by atoms with E-state index in [1.165, 1.54) is 5.56 Å². The van der Waals surface area contributed by atoms with E-state index >= 15 is 0 Å². The monoisotopic (exact) mass is 247 g/mol. The van der Waals surface area contributed by atoms with E-state index in [1.807, 2.05) is 6.07 Å². The minimum Gasteiger partial charge on any atom is -0.481 e. The molecule has 2 atom stereocenters. The van der Waals surface area contributed by atoms with Crippen molar-refractivity contribution < 1.29 is 9.90 Å². The molecule has 1 aromatic carbocycles. The van der Waals surface area contributed by atoms with Crippen molar-refractivity contribution in [2.24, 2.45) is 5.92 Å². The van der Waals surface area contributed by atoms with Crippen LogP contribution in [0.5, 0.6) is 0 Å². The first-order valence-corrected chi connectivity index (χ1v) is 6.67. The van der Waals surface area contributed by atoms with Gasteiger partial charge in [-0.25, -0.2) is 0 Å². The van der Waals surface area contributed by atoms with E-state index in [2.05, 4.69) is 36.1 Å². The summed E-state index contributed by atoms with van der Waals surface area (Å²) in [5, 5.41) is 9.03. The maximum atomic E-state index is 11.0. The lowest BCUT2D eigenvalue weighted by Gasteiger charge is -2.36. The second-order valence-corrected chi connectivity index (χ2v) is 5.18. The minimum absolute atomic E-state index is 0.145. The number of likely N-dealkylation sites (tertiary alicyclic amines) is 1. The van der Waals surface area contributed by atoms with Crippen LogP contribution in [0.2, 0.25) is 0 Å². The summed E-state index contributed by atoms with van der Waals surface area (Å²) in [6.45, 7) is 4.07. The van der Waals surface area contributed by atoms with E-state index in [-0.39, 0.29) is 5.92 Å². The van der Waals surface area contributed by atoms with Gasteiger partial charge in [-0.15, -0.1) is 0 Å². The molecule has 0 spiro atoms. The Morgan fingerprint density at radius 2 is 2.11 bits per heavy atom. The molecule has 0 aromatic heterocycles. The maximum Gasteiger partial charge on any atom is 0.306 e. The third-order valence-corrected chi connectivity index (χ3v) is 3.89. The molecule has 3 nitrogen and oxygen atoms in total. The maximum absolute atomic E-state index is 11.0. The van der Waals surface area contributed by atoms with Gasteiger partial charge in [0, 0.05) is 12.6 Å². The molecule has 1 fully saturated rings. The minimum atomic E-state index is -0.635. The molecule has 0 bridgehead atoms. The van der Waals surface area contributed by atoms with Crippen LogP contribution in [0.15, 0.2) is 30.3 Å². The van der Waals surface area contributed by atoms with Crippen molar-refractivity contribution in [3.8, 4) is 0 Å². The highest BCUT2D eigenvalue weighted by atomic mass is 16.4. The van der Waals surface area contributed by atoms with E-state index in [0.29, 0.717) is 6.04 Å². The number of hydrogen-bond acceptors (Lipinski definition) is 2. The molecule has 0 aliphatic carbocycles. The first kappa shape index (κ1) is 13.1. The zero-order valence-corrected chi connectivity index (χ0v) is 10.9. The summed E-state index contributed by atoms with van der Waals surface area (Å²) in [5.41, 5.74) is 1.35. The second-order valence-electron chi connectivity index (χ2n) is 5.18. The van der Waals surface area contributed by atoms with Gasteiger partial charge < -0.3 is 10.0 Å². The largest absolute Gasteiger partial charge is 0.481 e. The molecule has 1 heterocycles. The molecule has 98 valence electrons. The topological polar surface area (TPSA) is 40.5 Å². The lowest BCUT2D eigenvalue weighted by Crippen LogP contribution is -2.43. The number of carboxylic acids is 1. The van der Waals surface area contributed by atoms with E-state index in [0.717, 1.165) is 32.4 Å².